The first-order chi connectivity index (χ1) is 9.68. The lowest BCUT2D eigenvalue weighted by atomic mass is 10.0. The van der Waals surface area contributed by atoms with Crippen LogP contribution in [0.3, 0.4) is 0 Å². The van der Waals surface area contributed by atoms with E-state index in [1.807, 2.05) is 11.8 Å². The lowest BCUT2D eigenvalue weighted by Gasteiger charge is -2.20. The zero-order valence-corrected chi connectivity index (χ0v) is 12.5. The van der Waals surface area contributed by atoms with Crippen LogP contribution in [0.15, 0.2) is 5.16 Å². The minimum atomic E-state index is -0.374. The van der Waals surface area contributed by atoms with Gasteiger partial charge in [-0.05, 0) is 44.9 Å². The van der Waals surface area contributed by atoms with Crippen LogP contribution in [0.2, 0.25) is 0 Å². The van der Waals surface area contributed by atoms with Crippen molar-refractivity contribution in [3.63, 3.8) is 0 Å². The minimum absolute atomic E-state index is 0.0900. The van der Waals surface area contributed by atoms with Crippen molar-refractivity contribution in [2.45, 2.75) is 72.9 Å². The van der Waals surface area contributed by atoms with Crippen LogP contribution in [0.4, 0.5) is 0 Å². The van der Waals surface area contributed by atoms with Gasteiger partial charge in [0.15, 0.2) is 5.16 Å². The molecule has 6 heteroatoms. The Bertz CT molecular complexity index is 511. The summed E-state index contributed by atoms with van der Waals surface area (Å²) in [6, 6.07) is 0.643. The third-order valence-electron chi connectivity index (χ3n) is 4.73. The van der Waals surface area contributed by atoms with Gasteiger partial charge in [-0.25, -0.2) is 0 Å². The molecule has 3 fully saturated rings. The maximum atomic E-state index is 9.38. The molecule has 0 saturated heterocycles. The molecule has 0 aromatic carbocycles. The highest BCUT2D eigenvalue weighted by Crippen LogP contribution is 2.47. The van der Waals surface area contributed by atoms with Crippen molar-refractivity contribution in [2.24, 2.45) is 5.73 Å². The van der Waals surface area contributed by atoms with Crippen LogP contribution in [0.25, 0.3) is 0 Å². The van der Waals surface area contributed by atoms with E-state index in [0.717, 1.165) is 24.4 Å². The highest BCUT2D eigenvalue weighted by atomic mass is 32.2. The maximum Gasteiger partial charge on any atom is 0.191 e. The van der Waals surface area contributed by atoms with Gasteiger partial charge >= 0.3 is 0 Å². The lowest BCUT2D eigenvalue weighted by molar-refractivity contribution is 0.200. The highest BCUT2D eigenvalue weighted by molar-refractivity contribution is 7.99. The Morgan fingerprint density at radius 2 is 2.05 bits per heavy atom. The van der Waals surface area contributed by atoms with Crippen LogP contribution < -0.4 is 5.73 Å². The Balaban J connectivity index is 1.51. The molecule has 3 N–H and O–H groups in total. The number of aromatic nitrogens is 3. The summed E-state index contributed by atoms with van der Waals surface area (Å²) in [7, 11) is 0. The number of thioether (sulfide) groups is 1. The fourth-order valence-corrected chi connectivity index (χ4v) is 4.56. The quantitative estimate of drug-likeness (QED) is 0.866. The zero-order valence-electron chi connectivity index (χ0n) is 11.7. The second kappa shape index (κ2) is 4.71. The Kier molecular flexibility index (Phi) is 3.09. The number of aliphatic hydroxyl groups excluding tert-OH is 1. The molecule has 0 radical (unpaired) electrons. The highest BCUT2D eigenvalue weighted by Gasteiger charge is 2.39. The van der Waals surface area contributed by atoms with Crippen LogP contribution in [0.5, 0.6) is 0 Å². The van der Waals surface area contributed by atoms with Crippen LogP contribution in [-0.4, -0.2) is 37.3 Å². The number of aliphatic hydroxyl groups is 1. The van der Waals surface area contributed by atoms with Crippen molar-refractivity contribution in [1.29, 1.82) is 0 Å². The van der Waals surface area contributed by atoms with Crippen molar-refractivity contribution in [3.8, 4) is 0 Å². The Labute approximate surface area is 123 Å². The topological polar surface area (TPSA) is 77.0 Å². The van der Waals surface area contributed by atoms with Crippen LogP contribution in [0, 0.1) is 0 Å². The van der Waals surface area contributed by atoms with Gasteiger partial charge in [0, 0.05) is 22.7 Å². The lowest BCUT2D eigenvalue weighted by Crippen LogP contribution is -2.40. The van der Waals surface area contributed by atoms with Crippen molar-refractivity contribution >= 4 is 11.8 Å². The van der Waals surface area contributed by atoms with E-state index < -0.39 is 0 Å². The standard InChI is InChI=1S/C14H22N4OS/c15-14(8-19)6-5-11(7-14)20-13-17-16-12(9-1-2-9)18(13)10-3-4-10/h9-11,19H,1-8,15H2. The summed E-state index contributed by atoms with van der Waals surface area (Å²) in [5.41, 5.74) is 5.80. The summed E-state index contributed by atoms with van der Waals surface area (Å²) in [5, 5.41) is 19.8. The summed E-state index contributed by atoms with van der Waals surface area (Å²) < 4.78 is 2.40. The van der Waals surface area contributed by atoms with Crippen molar-refractivity contribution < 1.29 is 5.11 Å². The largest absolute Gasteiger partial charge is 0.394 e. The zero-order chi connectivity index (χ0) is 13.7. The third kappa shape index (κ3) is 2.38. The van der Waals surface area contributed by atoms with Gasteiger partial charge in [0.1, 0.15) is 5.82 Å². The molecule has 110 valence electrons. The van der Waals surface area contributed by atoms with Crippen molar-refractivity contribution in [3.05, 3.63) is 5.82 Å². The van der Waals surface area contributed by atoms with Crippen molar-refractivity contribution in [2.75, 3.05) is 6.61 Å². The van der Waals surface area contributed by atoms with E-state index in [1.54, 1.807) is 0 Å². The number of nitrogens with two attached hydrogens (primary N) is 1. The molecule has 20 heavy (non-hydrogen) atoms. The van der Waals surface area contributed by atoms with E-state index in [2.05, 4.69) is 14.8 Å². The Morgan fingerprint density at radius 3 is 2.65 bits per heavy atom. The number of rotatable bonds is 5. The van der Waals surface area contributed by atoms with Gasteiger partial charge in [-0.1, -0.05) is 11.8 Å². The summed E-state index contributed by atoms with van der Waals surface area (Å²) in [6.07, 6.45) is 7.95. The molecule has 0 amide bonds. The molecule has 1 aromatic rings. The monoisotopic (exact) mass is 294 g/mol. The number of hydrogen-bond acceptors (Lipinski definition) is 5. The Morgan fingerprint density at radius 1 is 1.25 bits per heavy atom. The SMILES string of the molecule is NC1(CO)CCC(Sc2nnc(C3CC3)n2C2CC2)C1. The average Bonchev–Trinajstić information content (AvgIpc) is 3.37. The molecule has 3 aliphatic rings. The maximum absolute atomic E-state index is 9.38. The molecular formula is C14H22N4OS. The third-order valence-corrected chi connectivity index (χ3v) is 5.96. The van der Waals surface area contributed by atoms with Gasteiger partial charge < -0.3 is 15.4 Å². The van der Waals surface area contributed by atoms with Gasteiger partial charge in [-0.2, -0.15) is 0 Å². The van der Waals surface area contributed by atoms with Gasteiger partial charge in [0.05, 0.1) is 6.61 Å². The number of nitrogens with zero attached hydrogens (tertiary/aromatic N) is 3. The molecule has 0 spiro atoms. The second-order valence-corrected chi connectivity index (χ2v) is 7.99. The molecule has 5 nitrogen and oxygen atoms in total. The molecule has 4 rings (SSSR count). The normalized spacial score (nSPS) is 33.8. The van der Waals surface area contributed by atoms with E-state index in [-0.39, 0.29) is 12.1 Å². The minimum Gasteiger partial charge on any atom is -0.394 e. The molecule has 0 bridgehead atoms. The van der Waals surface area contributed by atoms with E-state index >= 15 is 0 Å². The molecule has 3 aliphatic carbocycles. The van der Waals surface area contributed by atoms with Crippen LogP contribution in [-0.2, 0) is 0 Å². The number of hydrogen-bond donors (Lipinski definition) is 2. The Hall–Kier alpha value is -0.590. The van der Waals surface area contributed by atoms with Gasteiger partial charge in [-0.3, -0.25) is 0 Å². The fraction of sp³-hybridized carbons (Fsp3) is 0.857. The average molecular weight is 294 g/mol. The van der Waals surface area contributed by atoms with E-state index in [4.69, 9.17) is 5.73 Å². The molecule has 1 aromatic heterocycles. The summed E-state index contributed by atoms with van der Waals surface area (Å²) >= 11 is 1.83. The molecule has 2 atom stereocenters. The van der Waals surface area contributed by atoms with Crippen LogP contribution >= 0.6 is 11.8 Å². The molecule has 1 heterocycles. The predicted octanol–water partition coefficient (Wildman–Crippen LogP) is 1.82. The van der Waals surface area contributed by atoms with E-state index in [1.165, 1.54) is 31.5 Å². The van der Waals surface area contributed by atoms with Crippen LogP contribution in [0.1, 0.15) is 62.7 Å². The van der Waals surface area contributed by atoms with Gasteiger partial charge in [0.2, 0.25) is 0 Å². The second-order valence-electron chi connectivity index (χ2n) is 6.72. The van der Waals surface area contributed by atoms with Gasteiger partial charge in [-0.15, -0.1) is 10.2 Å². The molecule has 3 saturated carbocycles. The molecule has 0 aliphatic heterocycles. The first-order valence-corrected chi connectivity index (χ1v) is 8.58. The summed E-state index contributed by atoms with van der Waals surface area (Å²) in [6.45, 7) is 0.0900. The van der Waals surface area contributed by atoms with E-state index in [0.29, 0.717) is 17.2 Å². The fourth-order valence-electron chi connectivity index (χ4n) is 3.16. The van der Waals surface area contributed by atoms with Crippen molar-refractivity contribution in [1.82, 2.24) is 14.8 Å². The smallest absolute Gasteiger partial charge is 0.191 e. The molecular weight excluding hydrogens is 272 g/mol. The first kappa shape index (κ1) is 13.1. The summed E-state index contributed by atoms with van der Waals surface area (Å²) in [4.78, 5) is 0. The predicted molar refractivity (Wildman–Crippen MR) is 77.8 cm³/mol. The van der Waals surface area contributed by atoms with E-state index in [9.17, 15) is 5.11 Å². The first-order valence-electron chi connectivity index (χ1n) is 7.70. The van der Waals surface area contributed by atoms with Gasteiger partial charge in [0.25, 0.3) is 0 Å². The summed E-state index contributed by atoms with van der Waals surface area (Å²) in [5.74, 6) is 1.88. The molecule has 2 unspecified atom stereocenters.